The third-order valence-electron chi connectivity index (χ3n) is 5.05. The van der Waals surface area contributed by atoms with Gasteiger partial charge in [-0.1, -0.05) is 36.8 Å². The molecule has 0 saturated carbocycles. The summed E-state index contributed by atoms with van der Waals surface area (Å²) in [6.45, 7) is 1.90. The molecule has 0 radical (unpaired) electrons. The zero-order valence-corrected chi connectivity index (χ0v) is 16.4. The van der Waals surface area contributed by atoms with E-state index < -0.39 is 0 Å². The SMILES string of the molecule is O=C(NCCc1nnc2n1CCCCC2)c1ccnc(OCc2ccccc2)c1. The van der Waals surface area contributed by atoms with Crippen molar-refractivity contribution in [3.8, 4) is 5.88 Å². The number of amides is 1. The largest absolute Gasteiger partial charge is 0.473 e. The number of hydrogen-bond donors (Lipinski definition) is 1. The maximum atomic E-state index is 12.5. The lowest BCUT2D eigenvalue weighted by atomic mass is 10.2. The number of nitrogens with zero attached hydrogens (tertiary/aromatic N) is 4. The molecule has 1 aliphatic rings. The van der Waals surface area contributed by atoms with Gasteiger partial charge in [-0.2, -0.15) is 0 Å². The molecule has 3 heterocycles. The third-order valence-corrected chi connectivity index (χ3v) is 5.05. The molecule has 0 saturated heterocycles. The summed E-state index contributed by atoms with van der Waals surface area (Å²) in [7, 11) is 0. The third kappa shape index (κ3) is 4.99. The second kappa shape index (κ2) is 9.32. The number of carbonyl (C=O) groups is 1. The Morgan fingerprint density at radius 2 is 2.00 bits per heavy atom. The number of pyridine rings is 1. The number of aryl methyl sites for hydroxylation is 1. The number of fused-ring (bicyclic) bond motifs is 1. The van der Waals surface area contributed by atoms with Crippen molar-refractivity contribution in [3.63, 3.8) is 0 Å². The molecule has 7 nitrogen and oxygen atoms in total. The van der Waals surface area contributed by atoms with Crippen LogP contribution in [0, 0.1) is 0 Å². The number of aromatic nitrogens is 4. The first-order chi connectivity index (χ1) is 14.3. The molecule has 29 heavy (non-hydrogen) atoms. The van der Waals surface area contributed by atoms with E-state index in [1.165, 1.54) is 12.8 Å². The Morgan fingerprint density at radius 3 is 2.90 bits per heavy atom. The summed E-state index contributed by atoms with van der Waals surface area (Å²) >= 11 is 0. The molecule has 7 heteroatoms. The molecule has 1 N–H and O–H groups in total. The number of rotatable bonds is 7. The summed E-state index contributed by atoms with van der Waals surface area (Å²) < 4.78 is 7.92. The molecule has 0 bridgehead atoms. The van der Waals surface area contributed by atoms with Crippen molar-refractivity contribution in [1.29, 1.82) is 0 Å². The van der Waals surface area contributed by atoms with Crippen molar-refractivity contribution >= 4 is 5.91 Å². The molecule has 0 unspecified atom stereocenters. The van der Waals surface area contributed by atoms with Gasteiger partial charge in [0.25, 0.3) is 5.91 Å². The molecule has 0 fully saturated rings. The second-order valence-electron chi connectivity index (χ2n) is 7.16. The highest BCUT2D eigenvalue weighted by molar-refractivity contribution is 5.94. The number of nitrogens with one attached hydrogen (secondary N) is 1. The van der Waals surface area contributed by atoms with Crippen molar-refractivity contribution in [2.45, 2.75) is 45.3 Å². The minimum Gasteiger partial charge on any atom is -0.473 e. The standard InChI is InChI=1S/C22H25N5O2/c28-22(24-13-11-20-26-25-19-9-5-2-6-14-27(19)20)18-10-12-23-21(15-18)29-16-17-7-3-1-4-8-17/h1,3-4,7-8,10,12,15H,2,5-6,9,11,13-14,16H2,(H,24,28). The Bertz CT molecular complexity index is 955. The summed E-state index contributed by atoms with van der Waals surface area (Å²) in [6.07, 6.45) is 6.81. The van der Waals surface area contributed by atoms with Crippen LogP contribution in [0.2, 0.25) is 0 Å². The molecule has 1 amide bonds. The quantitative estimate of drug-likeness (QED) is 0.670. The van der Waals surface area contributed by atoms with E-state index in [2.05, 4.69) is 25.1 Å². The van der Waals surface area contributed by atoms with Crippen LogP contribution in [0.15, 0.2) is 48.7 Å². The summed E-state index contributed by atoms with van der Waals surface area (Å²) in [4.78, 5) is 16.7. The van der Waals surface area contributed by atoms with Crippen LogP contribution in [-0.4, -0.2) is 32.2 Å². The lowest BCUT2D eigenvalue weighted by Crippen LogP contribution is -2.26. The number of hydrogen-bond acceptors (Lipinski definition) is 5. The first kappa shape index (κ1) is 19.1. The van der Waals surface area contributed by atoms with Crippen LogP contribution in [0.1, 0.15) is 46.8 Å². The highest BCUT2D eigenvalue weighted by Crippen LogP contribution is 2.15. The highest BCUT2D eigenvalue weighted by atomic mass is 16.5. The van der Waals surface area contributed by atoms with E-state index in [1.54, 1.807) is 18.3 Å². The fraction of sp³-hybridized carbons (Fsp3) is 0.364. The zero-order chi connectivity index (χ0) is 19.9. The lowest BCUT2D eigenvalue weighted by molar-refractivity contribution is 0.0953. The number of carbonyl (C=O) groups excluding carboxylic acids is 1. The van der Waals surface area contributed by atoms with Gasteiger partial charge in [0.05, 0.1) is 0 Å². The molecule has 0 aliphatic carbocycles. The predicted octanol–water partition coefficient (Wildman–Crippen LogP) is 2.95. The molecule has 3 aromatic rings. The molecular weight excluding hydrogens is 366 g/mol. The summed E-state index contributed by atoms with van der Waals surface area (Å²) in [6, 6.07) is 13.2. The average Bonchev–Trinajstić information content (AvgIpc) is 2.99. The number of ether oxygens (including phenoxy) is 1. The Kier molecular flexibility index (Phi) is 6.14. The van der Waals surface area contributed by atoms with Gasteiger partial charge in [-0.15, -0.1) is 10.2 Å². The van der Waals surface area contributed by atoms with Crippen molar-refractivity contribution in [1.82, 2.24) is 25.1 Å². The minimum absolute atomic E-state index is 0.146. The first-order valence-electron chi connectivity index (χ1n) is 10.1. The average molecular weight is 391 g/mol. The van der Waals surface area contributed by atoms with Gasteiger partial charge in [0.1, 0.15) is 18.3 Å². The van der Waals surface area contributed by atoms with Gasteiger partial charge >= 0.3 is 0 Å². The molecule has 0 spiro atoms. The smallest absolute Gasteiger partial charge is 0.251 e. The topological polar surface area (TPSA) is 81.9 Å². The van der Waals surface area contributed by atoms with Gasteiger partial charge in [0.15, 0.2) is 0 Å². The van der Waals surface area contributed by atoms with Crippen molar-refractivity contribution in [2.75, 3.05) is 6.54 Å². The normalized spacial score (nSPS) is 13.4. The van der Waals surface area contributed by atoms with Crippen molar-refractivity contribution < 1.29 is 9.53 Å². The van der Waals surface area contributed by atoms with E-state index in [4.69, 9.17) is 4.74 Å². The fourth-order valence-corrected chi connectivity index (χ4v) is 3.48. The van der Waals surface area contributed by atoms with Crippen LogP contribution >= 0.6 is 0 Å². The molecule has 4 rings (SSSR count). The molecule has 1 aromatic carbocycles. The van der Waals surface area contributed by atoms with Crippen LogP contribution in [0.5, 0.6) is 5.88 Å². The first-order valence-corrected chi connectivity index (χ1v) is 10.1. The maximum Gasteiger partial charge on any atom is 0.251 e. The summed E-state index contributed by atoms with van der Waals surface area (Å²) in [5.74, 6) is 2.30. The van der Waals surface area contributed by atoms with E-state index >= 15 is 0 Å². The Labute approximate surface area is 170 Å². The van der Waals surface area contributed by atoms with E-state index in [9.17, 15) is 4.79 Å². The van der Waals surface area contributed by atoms with E-state index in [1.807, 2.05) is 30.3 Å². The highest BCUT2D eigenvalue weighted by Gasteiger charge is 2.15. The van der Waals surface area contributed by atoms with Gasteiger partial charge < -0.3 is 14.6 Å². The van der Waals surface area contributed by atoms with Gasteiger partial charge in [-0.3, -0.25) is 4.79 Å². The monoisotopic (exact) mass is 391 g/mol. The van der Waals surface area contributed by atoms with E-state index in [0.29, 0.717) is 31.0 Å². The van der Waals surface area contributed by atoms with Gasteiger partial charge in [-0.25, -0.2) is 4.98 Å². The molecular formula is C22H25N5O2. The maximum absolute atomic E-state index is 12.5. The molecule has 2 aromatic heterocycles. The van der Waals surface area contributed by atoms with E-state index in [-0.39, 0.29) is 5.91 Å². The summed E-state index contributed by atoms with van der Waals surface area (Å²) in [5, 5.41) is 11.6. The van der Waals surface area contributed by atoms with Gasteiger partial charge in [0, 0.05) is 43.8 Å². The van der Waals surface area contributed by atoms with Crippen LogP contribution in [0.3, 0.4) is 0 Å². The Morgan fingerprint density at radius 1 is 1.10 bits per heavy atom. The Balaban J connectivity index is 1.30. The lowest BCUT2D eigenvalue weighted by Gasteiger charge is -2.09. The van der Waals surface area contributed by atoms with Crippen LogP contribution < -0.4 is 10.1 Å². The molecule has 150 valence electrons. The minimum atomic E-state index is -0.146. The fourth-order valence-electron chi connectivity index (χ4n) is 3.48. The Hall–Kier alpha value is -3.22. The van der Waals surface area contributed by atoms with Crippen molar-refractivity contribution in [3.05, 3.63) is 71.4 Å². The van der Waals surface area contributed by atoms with Gasteiger partial charge in [0.2, 0.25) is 5.88 Å². The van der Waals surface area contributed by atoms with Gasteiger partial charge in [-0.05, 0) is 24.5 Å². The van der Waals surface area contributed by atoms with Crippen LogP contribution in [0.4, 0.5) is 0 Å². The van der Waals surface area contributed by atoms with Crippen molar-refractivity contribution in [2.24, 2.45) is 0 Å². The predicted molar refractivity (Wildman–Crippen MR) is 109 cm³/mol. The van der Waals surface area contributed by atoms with E-state index in [0.717, 1.165) is 36.6 Å². The molecule has 0 atom stereocenters. The zero-order valence-electron chi connectivity index (χ0n) is 16.4. The molecule has 1 aliphatic heterocycles. The van der Waals surface area contributed by atoms with Crippen LogP contribution in [-0.2, 0) is 26.0 Å². The summed E-state index contributed by atoms with van der Waals surface area (Å²) in [5.41, 5.74) is 1.58. The number of benzene rings is 1. The van der Waals surface area contributed by atoms with Crippen LogP contribution in [0.25, 0.3) is 0 Å². The second-order valence-corrected chi connectivity index (χ2v) is 7.16.